The van der Waals surface area contributed by atoms with Gasteiger partial charge in [0.15, 0.2) is 5.78 Å². The molecule has 0 aromatic heterocycles. The number of Topliss-reactive ketones (excluding diaryl/α,β-unsaturated/α-hetero) is 1. The average Bonchev–Trinajstić information content (AvgIpc) is 2.52. The lowest BCUT2D eigenvalue weighted by Crippen LogP contribution is -2.47. The SMILES string of the molecule is CCC1CC=C(C)[C@](C[C@H](C)N(C)C)(c2ccccc2)C1=O. The molecule has 3 atom stereocenters. The van der Waals surface area contributed by atoms with Crippen molar-refractivity contribution in [1.29, 1.82) is 0 Å². The zero-order valence-corrected chi connectivity index (χ0v) is 14.6. The maximum atomic E-state index is 13.4. The average molecular weight is 299 g/mol. The van der Waals surface area contributed by atoms with Crippen LogP contribution in [0.15, 0.2) is 42.0 Å². The first-order valence-electron chi connectivity index (χ1n) is 8.37. The third-order valence-electron chi connectivity index (χ3n) is 5.42. The molecular formula is C20H29NO. The summed E-state index contributed by atoms with van der Waals surface area (Å²) in [5.74, 6) is 0.563. The molecule has 2 rings (SSSR count). The van der Waals surface area contributed by atoms with Crippen molar-refractivity contribution in [1.82, 2.24) is 4.90 Å². The highest BCUT2D eigenvalue weighted by molar-refractivity contribution is 5.96. The van der Waals surface area contributed by atoms with Crippen molar-refractivity contribution in [2.24, 2.45) is 5.92 Å². The number of rotatable bonds is 5. The number of benzene rings is 1. The lowest BCUT2D eigenvalue weighted by molar-refractivity contribution is -0.128. The summed E-state index contributed by atoms with van der Waals surface area (Å²) >= 11 is 0. The third kappa shape index (κ3) is 2.89. The summed E-state index contributed by atoms with van der Waals surface area (Å²) in [7, 11) is 4.18. The van der Waals surface area contributed by atoms with E-state index in [1.54, 1.807) is 0 Å². The van der Waals surface area contributed by atoms with Crippen LogP contribution in [0.3, 0.4) is 0 Å². The second-order valence-corrected chi connectivity index (χ2v) is 6.88. The van der Waals surface area contributed by atoms with Crippen LogP contribution in [-0.2, 0) is 10.2 Å². The minimum Gasteiger partial charge on any atom is -0.307 e. The van der Waals surface area contributed by atoms with Gasteiger partial charge < -0.3 is 4.90 Å². The molecule has 0 saturated carbocycles. The van der Waals surface area contributed by atoms with Gasteiger partial charge in [-0.1, -0.05) is 48.9 Å². The summed E-state index contributed by atoms with van der Waals surface area (Å²) in [6.45, 7) is 6.47. The molecule has 0 heterocycles. The van der Waals surface area contributed by atoms with Gasteiger partial charge in [-0.25, -0.2) is 0 Å². The fourth-order valence-corrected chi connectivity index (χ4v) is 3.59. The van der Waals surface area contributed by atoms with Crippen molar-refractivity contribution in [3.63, 3.8) is 0 Å². The van der Waals surface area contributed by atoms with Gasteiger partial charge in [0.05, 0.1) is 5.41 Å². The Morgan fingerprint density at radius 3 is 2.45 bits per heavy atom. The zero-order valence-electron chi connectivity index (χ0n) is 14.6. The highest BCUT2D eigenvalue weighted by Gasteiger charge is 2.47. The van der Waals surface area contributed by atoms with Crippen LogP contribution in [0.5, 0.6) is 0 Å². The third-order valence-corrected chi connectivity index (χ3v) is 5.42. The number of carbonyl (C=O) groups excluding carboxylic acids is 1. The molecule has 0 amide bonds. The molecule has 120 valence electrons. The Bertz CT molecular complexity index is 546. The molecule has 0 aliphatic heterocycles. The van der Waals surface area contributed by atoms with E-state index >= 15 is 0 Å². The number of carbonyl (C=O) groups is 1. The van der Waals surface area contributed by atoms with Crippen molar-refractivity contribution >= 4 is 5.78 Å². The van der Waals surface area contributed by atoms with Crippen LogP contribution in [-0.4, -0.2) is 30.8 Å². The molecule has 0 saturated heterocycles. The minimum atomic E-state index is -0.454. The van der Waals surface area contributed by atoms with Crippen LogP contribution in [0.2, 0.25) is 0 Å². The molecular weight excluding hydrogens is 270 g/mol. The van der Waals surface area contributed by atoms with Gasteiger partial charge in [-0.05, 0) is 52.8 Å². The largest absolute Gasteiger partial charge is 0.307 e. The van der Waals surface area contributed by atoms with E-state index in [0.717, 1.165) is 24.8 Å². The molecule has 1 aromatic rings. The predicted molar refractivity (Wildman–Crippen MR) is 93.0 cm³/mol. The maximum absolute atomic E-state index is 13.4. The van der Waals surface area contributed by atoms with Crippen molar-refractivity contribution in [2.75, 3.05) is 14.1 Å². The second kappa shape index (κ2) is 6.78. The Kier molecular flexibility index (Phi) is 5.23. The Morgan fingerprint density at radius 2 is 1.91 bits per heavy atom. The molecule has 0 fully saturated rings. The van der Waals surface area contributed by atoms with Crippen molar-refractivity contribution in [3.05, 3.63) is 47.5 Å². The smallest absolute Gasteiger partial charge is 0.150 e. The Labute approximate surface area is 135 Å². The first-order valence-corrected chi connectivity index (χ1v) is 8.37. The summed E-state index contributed by atoms with van der Waals surface area (Å²) in [6.07, 6.45) is 4.96. The van der Waals surface area contributed by atoms with Crippen LogP contribution in [0.4, 0.5) is 0 Å². The lowest BCUT2D eigenvalue weighted by atomic mass is 9.61. The molecule has 0 N–H and O–H groups in total. The molecule has 1 aliphatic carbocycles. The molecule has 1 aromatic carbocycles. The summed E-state index contributed by atoms with van der Waals surface area (Å²) in [5, 5.41) is 0. The maximum Gasteiger partial charge on any atom is 0.150 e. The van der Waals surface area contributed by atoms with Crippen molar-refractivity contribution < 1.29 is 4.79 Å². The van der Waals surface area contributed by atoms with Gasteiger partial charge in [-0.2, -0.15) is 0 Å². The van der Waals surface area contributed by atoms with Gasteiger partial charge >= 0.3 is 0 Å². The molecule has 0 bridgehead atoms. The highest BCUT2D eigenvalue weighted by Crippen LogP contribution is 2.44. The van der Waals surface area contributed by atoms with Crippen LogP contribution in [0, 0.1) is 5.92 Å². The van der Waals surface area contributed by atoms with Crippen molar-refractivity contribution in [2.45, 2.75) is 51.5 Å². The predicted octanol–water partition coefficient (Wildman–Crippen LogP) is 4.21. The van der Waals surface area contributed by atoms with E-state index in [-0.39, 0.29) is 5.92 Å². The fraction of sp³-hybridized carbons (Fsp3) is 0.550. The van der Waals surface area contributed by atoms with Crippen LogP contribution < -0.4 is 0 Å². The summed E-state index contributed by atoms with van der Waals surface area (Å²) in [6, 6.07) is 10.7. The monoisotopic (exact) mass is 299 g/mol. The number of nitrogens with zero attached hydrogens (tertiary/aromatic N) is 1. The first-order chi connectivity index (χ1) is 10.4. The number of ketones is 1. The lowest BCUT2D eigenvalue weighted by Gasteiger charge is -2.42. The summed E-state index contributed by atoms with van der Waals surface area (Å²) < 4.78 is 0. The quantitative estimate of drug-likeness (QED) is 0.759. The second-order valence-electron chi connectivity index (χ2n) is 6.88. The van der Waals surface area contributed by atoms with E-state index in [0.29, 0.717) is 11.8 Å². The topological polar surface area (TPSA) is 20.3 Å². The van der Waals surface area contributed by atoms with Crippen LogP contribution >= 0.6 is 0 Å². The van der Waals surface area contributed by atoms with Crippen molar-refractivity contribution in [3.8, 4) is 0 Å². The molecule has 0 radical (unpaired) electrons. The summed E-state index contributed by atoms with van der Waals surface area (Å²) in [5.41, 5.74) is 1.92. The first kappa shape index (κ1) is 17.0. The number of allylic oxidation sites excluding steroid dienone is 2. The van der Waals surface area contributed by atoms with E-state index in [9.17, 15) is 4.79 Å². The molecule has 1 unspecified atom stereocenters. The molecule has 22 heavy (non-hydrogen) atoms. The highest BCUT2D eigenvalue weighted by atomic mass is 16.1. The van der Waals surface area contributed by atoms with Crippen LogP contribution in [0.1, 0.15) is 45.6 Å². The van der Waals surface area contributed by atoms with E-state index in [4.69, 9.17) is 0 Å². The number of hydrogen-bond acceptors (Lipinski definition) is 2. The standard InChI is InChI=1S/C20H29NO/c1-6-17-13-12-15(2)20(19(17)22,14-16(3)21(4)5)18-10-8-7-9-11-18/h7-12,16-17H,6,13-14H2,1-5H3/t16-,17?,20+/m0/s1. The zero-order chi connectivity index (χ0) is 16.3. The molecule has 0 spiro atoms. The Hall–Kier alpha value is -1.41. The Balaban J connectivity index is 2.56. The molecule has 1 aliphatic rings. The van der Waals surface area contributed by atoms with E-state index in [1.165, 1.54) is 5.57 Å². The van der Waals surface area contributed by atoms with Gasteiger partial charge in [0, 0.05) is 12.0 Å². The summed E-state index contributed by atoms with van der Waals surface area (Å²) in [4.78, 5) is 15.6. The van der Waals surface area contributed by atoms with E-state index < -0.39 is 5.41 Å². The Morgan fingerprint density at radius 1 is 1.27 bits per heavy atom. The van der Waals surface area contributed by atoms with Gasteiger partial charge in [0.25, 0.3) is 0 Å². The number of hydrogen-bond donors (Lipinski definition) is 0. The molecule has 2 heteroatoms. The van der Waals surface area contributed by atoms with Crippen LogP contribution in [0.25, 0.3) is 0 Å². The van der Waals surface area contributed by atoms with Gasteiger partial charge in [0.2, 0.25) is 0 Å². The van der Waals surface area contributed by atoms with Gasteiger partial charge in [-0.3, -0.25) is 4.79 Å². The fourth-order valence-electron chi connectivity index (χ4n) is 3.59. The molecule has 2 nitrogen and oxygen atoms in total. The van der Waals surface area contributed by atoms with Gasteiger partial charge in [-0.15, -0.1) is 0 Å². The minimum absolute atomic E-state index is 0.151. The van der Waals surface area contributed by atoms with E-state index in [2.05, 4.69) is 58.0 Å². The van der Waals surface area contributed by atoms with E-state index in [1.807, 2.05) is 18.2 Å². The normalized spacial score (nSPS) is 26.9. The van der Waals surface area contributed by atoms with Gasteiger partial charge in [0.1, 0.15) is 0 Å².